The summed E-state index contributed by atoms with van der Waals surface area (Å²) < 4.78 is 13.2. The number of hydrogen-bond donors (Lipinski definition) is 0. The van der Waals surface area contributed by atoms with Gasteiger partial charge in [0.2, 0.25) is 0 Å². The van der Waals surface area contributed by atoms with Crippen molar-refractivity contribution in [3.63, 3.8) is 0 Å². The smallest absolute Gasteiger partial charge is 0.161 e. The molecule has 10 rings (SSSR count). The number of nitrogens with zero attached hydrogens (tertiary/aromatic N) is 3. The van der Waals surface area contributed by atoms with Crippen molar-refractivity contribution >= 4 is 43.9 Å². The highest BCUT2D eigenvalue weighted by Crippen LogP contribution is 2.45. The van der Waals surface area contributed by atoms with Gasteiger partial charge in [-0.15, -0.1) is 0 Å². The second kappa shape index (κ2) is 11.4. The lowest BCUT2D eigenvalue weighted by Crippen LogP contribution is -1.98. The van der Waals surface area contributed by atoms with Gasteiger partial charge in [-0.05, 0) is 47.5 Å². The van der Waals surface area contributed by atoms with E-state index in [1.54, 1.807) is 0 Å². The van der Waals surface area contributed by atoms with Gasteiger partial charge in [0.25, 0.3) is 0 Å². The summed E-state index contributed by atoms with van der Waals surface area (Å²) in [7, 11) is 0. The maximum absolute atomic E-state index is 6.74. The van der Waals surface area contributed by atoms with E-state index in [0.717, 1.165) is 94.2 Å². The van der Waals surface area contributed by atoms with Gasteiger partial charge in [-0.1, -0.05) is 115 Å². The van der Waals surface area contributed by atoms with E-state index in [0.29, 0.717) is 5.82 Å². The molecule has 0 N–H and O–H groups in total. The first-order valence-electron chi connectivity index (χ1n) is 16.6. The number of rotatable bonds is 5. The molecule has 234 valence electrons. The molecule has 0 aliphatic rings. The SMILES string of the molecule is c1ccc(-c2cc(-c3ccc(-c4cccc5c4oc4ccccc45)c4oc5ccccc5c34)nc(-c3ccccc3-c3ccncc3)n2)cc1. The van der Waals surface area contributed by atoms with E-state index in [1.807, 2.05) is 85.2 Å². The topological polar surface area (TPSA) is 65.0 Å². The highest BCUT2D eigenvalue weighted by Gasteiger charge is 2.22. The molecule has 4 heterocycles. The summed E-state index contributed by atoms with van der Waals surface area (Å²) in [5.41, 5.74) is 11.9. The minimum absolute atomic E-state index is 0.644. The average molecular weight is 642 g/mol. The Hall–Kier alpha value is -6.85. The fourth-order valence-corrected chi connectivity index (χ4v) is 7.14. The lowest BCUT2D eigenvalue weighted by molar-refractivity contribution is 0.665. The van der Waals surface area contributed by atoms with E-state index in [2.05, 4.69) is 83.8 Å². The maximum Gasteiger partial charge on any atom is 0.161 e. The van der Waals surface area contributed by atoms with Crippen LogP contribution < -0.4 is 0 Å². The zero-order valence-electron chi connectivity index (χ0n) is 26.7. The van der Waals surface area contributed by atoms with Crippen molar-refractivity contribution < 1.29 is 8.83 Å². The van der Waals surface area contributed by atoms with Crippen LogP contribution in [0.3, 0.4) is 0 Å². The van der Waals surface area contributed by atoms with Gasteiger partial charge in [-0.25, -0.2) is 9.97 Å². The molecule has 6 aromatic carbocycles. The van der Waals surface area contributed by atoms with Gasteiger partial charge < -0.3 is 8.83 Å². The van der Waals surface area contributed by atoms with Crippen molar-refractivity contribution in [1.82, 2.24) is 15.0 Å². The second-order valence-corrected chi connectivity index (χ2v) is 12.4. The van der Waals surface area contributed by atoms with Crippen molar-refractivity contribution in [3.8, 4) is 56.2 Å². The van der Waals surface area contributed by atoms with Gasteiger partial charge in [-0.3, -0.25) is 4.98 Å². The van der Waals surface area contributed by atoms with E-state index in [9.17, 15) is 0 Å². The molecule has 0 spiro atoms. The van der Waals surface area contributed by atoms with Gasteiger partial charge in [-0.2, -0.15) is 0 Å². The summed E-state index contributed by atoms with van der Waals surface area (Å²) >= 11 is 0. The van der Waals surface area contributed by atoms with Crippen LogP contribution in [0.2, 0.25) is 0 Å². The first kappa shape index (κ1) is 28.2. The molecule has 0 saturated carbocycles. The predicted octanol–water partition coefficient (Wildman–Crippen LogP) is 12.0. The first-order chi connectivity index (χ1) is 24.8. The Labute approximate surface area is 287 Å². The Morgan fingerprint density at radius 2 is 0.980 bits per heavy atom. The van der Waals surface area contributed by atoms with Gasteiger partial charge >= 0.3 is 0 Å². The Balaban J connectivity index is 1.25. The minimum atomic E-state index is 0.644. The normalized spacial score (nSPS) is 11.6. The molecule has 4 aromatic heterocycles. The minimum Gasteiger partial charge on any atom is -0.455 e. The van der Waals surface area contributed by atoms with Crippen LogP contribution in [-0.4, -0.2) is 15.0 Å². The van der Waals surface area contributed by atoms with Gasteiger partial charge in [0, 0.05) is 61.8 Å². The van der Waals surface area contributed by atoms with E-state index < -0.39 is 0 Å². The monoisotopic (exact) mass is 641 g/mol. The Kier molecular flexibility index (Phi) is 6.42. The van der Waals surface area contributed by atoms with E-state index in [1.165, 1.54) is 0 Å². The van der Waals surface area contributed by atoms with Crippen LogP contribution >= 0.6 is 0 Å². The van der Waals surface area contributed by atoms with E-state index in [-0.39, 0.29) is 0 Å². The van der Waals surface area contributed by atoms with E-state index in [4.69, 9.17) is 18.8 Å². The molecule has 10 aromatic rings. The van der Waals surface area contributed by atoms with Crippen molar-refractivity contribution in [2.45, 2.75) is 0 Å². The van der Waals surface area contributed by atoms with Crippen LogP contribution in [0.4, 0.5) is 0 Å². The number of fused-ring (bicyclic) bond motifs is 6. The number of furan rings is 2. The van der Waals surface area contributed by atoms with Crippen molar-refractivity contribution in [2.75, 3.05) is 0 Å². The van der Waals surface area contributed by atoms with Crippen LogP contribution in [0.5, 0.6) is 0 Å². The van der Waals surface area contributed by atoms with Gasteiger partial charge in [0.05, 0.1) is 11.4 Å². The fourth-order valence-electron chi connectivity index (χ4n) is 7.14. The lowest BCUT2D eigenvalue weighted by Gasteiger charge is -2.14. The molecule has 5 nitrogen and oxygen atoms in total. The molecule has 0 amide bonds. The Bertz CT molecular complexity index is 2870. The molecule has 5 heteroatoms. The van der Waals surface area contributed by atoms with Crippen LogP contribution in [0.25, 0.3) is 100 Å². The number of hydrogen-bond acceptors (Lipinski definition) is 5. The highest BCUT2D eigenvalue weighted by atomic mass is 16.3. The lowest BCUT2D eigenvalue weighted by atomic mass is 9.95. The summed E-state index contributed by atoms with van der Waals surface area (Å²) in [5, 5.41) is 4.19. The molecule has 0 aliphatic heterocycles. The largest absolute Gasteiger partial charge is 0.455 e. The van der Waals surface area contributed by atoms with E-state index >= 15 is 0 Å². The summed E-state index contributed by atoms with van der Waals surface area (Å²) in [4.78, 5) is 14.7. The number of para-hydroxylation sites is 3. The standard InChI is InChI=1S/C45H27N3O2/c1-2-11-29(12-3-1)38-27-39(48-45(47-38)35-15-5-4-13-30(35)28-23-25-46-26-24-28)36-22-21-34(44-42(36)37-16-7-9-20-41(37)50-44)33-18-10-17-32-31-14-6-8-19-40(31)49-43(32)33/h1-27H. The van der Waals surface area contributed by atoms with Gasteiger partial charge in [0.1, 0.15) is 22.3 Å². The third kappa shape index (κ3) is 4.52. The number of pyridine rings is 1. The summed E-state index contributed by atoms with van der Waals surface area (Å²) in [5.74, 6) is 0.644. The van der Waals surface area contributed by atoms with Crippen LogP contribution in [0.1, 0.15) is 0 Å². The molecular weight excluding hydrogens is 615 g/mol. The first-order valence-corrected chi connectivity index (χ1v) is 16.6. The maximum atomic E-state index is 6.74. The molecular formula is C45H27N3O2. The molecule has 0 atom stereocenters. The van der Waals surface area contributed by atoms with Crippen molar-refractivity contribution in [1.29, 1.82) is 0 Å². The molecule has 0 bridgehead atoms. The fraction of sp³-hybridized carbons (Fsp3) is 0. The Morgan fingerprint density at radius 3 is 1.82 bits per heavy atom. The predicted molar refractivity (Wildman–Crippen MR) is 202 cm³/mol. The Morgan fingerprint density at radius 1 is 0.380 bits per heavy atom. The molecule has 0 radical (unpaired) electrons. The highest BCUT2D eigenvalue weighted by molar-refractivity contribution is 6.18. The third-order valence-corrected chi connectivity index (χ3v) is 9.45. The zero-order chi connectivity index (χ0) is 33.0. The molecule has 0 fully saturated rings. The summed E-state index contributed by atoms with van der Waals surface area (Å²) in [6.45, 7) is 0. The average Bonchev–Trinajstić information content (AvgIpc) is 3.77. The van der Waals surface area contributed by atoms with Crippen molar-refractivity contribution in [2.24, 2.45) is 0 Å². The summed E-state index contributed by atoms with van der Waals surface area (Å²) in [6.07, 6.45) is 3.62. The summed E-state index contributed by atoms with van der Waals surface area (Å²) in [6, 6.07) is 51.7. The van der Waals surface area contributed by atoms with Crippen LogP contribution in [0, 0.1) is 0 Å². The number of benzene rings is 6. The number of aromatic nitrogens is 3. The van der Waals surface area contributed by atoms with Crippen LogP contribution in [-0.2, 0) is 0 Å². The molecule has 0 aliphatic carbocycles. The molecule has 50 heavy (non-hydrogen) atoms. The molecule has 0 saturated heterocycles. The third-order valence-electron chi connectivity index (χ3n) is 9.45. The quantitative estimate of drug-likeness (QED) is 0.187. The van der Waals surface area contributed by atoms with Crippen LogP contribution in [0.15, 0.2) is 173 Å². The second-order valence-electron chi connectivity index (χ2n) is 12.4. The molecule has 0 unspecified atom stereocenters. The van der Waals surface area contributed by atoms with Crippen molar-refractivity contribution in [3.05, 3.63) is 164 Å². The zero-order valence-corrected chi connectivity index (χ0v) is 26.7. The van der Waals surface area contributed by atoms with Gasteiger partial charge in [0.15, 0.2) is 5.82 Å².